The lowest BCUT2D eigenvalue weighted by Crippen LogP contribution is -2.47. The first-order chi connectivity index (χ1) is 14.2. The molecule has 5 nitrogen and oxygen atoms in total. The summed E-state index contributed by atoms with van der Waals surface area (Å²) in [6.07, 6.45) is 2.21. The fraction of sp³-hybridized carbons (Fsp3) is 0.458. The van der Waals surface area contributed by atoms with Crippen LogP contribution in [0.3, 0.4) is 0 Å². The zero-order valence-corrected chi connectivity index (χ0v) is 18.9. The molecule has 0 radical (unpaired) electrons. The maximum Gasteiger partial charge on any atom is 0.243 e. The van der Waals surface area contributed by atoms with Crippen LogP contribution in [0.15, 0.2) is 65.6 Å². The van der Waals surface area contributed by atoms with Crippen LogP contribution in [0, 0.1) is 5.92 Å². The predicted octanol–water partition coefficient (Wildman–Crippen LogP) is 3.96. The van der Waals surface area contributed by atoms with Crippen molar-refractivity contribution in [3.63, 3.8) is 0 Å². The maximum absolute atomic E-state index is 12.9. The molecule has 1 fully saturated rings. The number of carbonyl (C=O) groups excluding carboxylic acids is 1. The molecule has 1 N–H and O–H groups in total. The SMILES string of the molecule is CC(CC(C)(C)c1ccccc1)NC(=O)C1CCCN(S(=O)(=O)c2ccccc2)C1. The van der Waals surface area contributed by atoms with E-state index in [1.54, 1.807) is 30.3 Å². The standard InChI is InChI=1S/C24H32N2O3S/c1-19(17-24(2,3)21-12-6-4-7-13-21)25-23(27)20-11-10-16-26(18-20)30(28,29)22-14-8-5-9-15-22/h4-9,12-15,19-20H,10-11,16-18H2,1-3H3,(H,25,27). The molecule has 0 bridgehead atoms. The molecule has 0 saturated carbocycles. The van der Waals surface area contributed by atoms with Crippen LogP contribution in [-0.4, -0.2) is 37.8 Å². The van der Waals surface area contributed by atoms with Crippen LogP contribution in [0.5, 0.6) is 0 Å². The number of amides is 1. The second kappa shape index (κ2) is 9.31. The van der Waals surface area contributed by atoms with Crippen molar-refractivity contribution >= 4 is 15.9 Å². The summed E-state index contributed by atoms with van der Waals surface area (Å²) in [6.45, 7) is 7.07. The van der Waals surface area contributed by atoms with Crippen LogP contribution in [-0.2, 0) is 20.2 Å². The van der Waals surface area contributed by atoms with Gasteiger partial charge < -0.3 is 5.32 Å². The van der Waals surface area contributed by atoms with Gasteiger partial charge in [0.05, 0.1) is 10.8 Å². The molecule has 1 aliphatic rings. The van der Waals surface area contributed by atoms with E-state index in [4.69, 9.17) is 0 Å². The van der Waals surface area contributed by atoms with Crippen LogP contribution < -0.4 is 5.32 Å². The van der Waals surface area contributed by atoms with Crippen molar-refractivity contribution in [1.82, 2.24) is 9.62 Å². The van der Waals surface area contributed by atoms with Gasteiger partial charge in [0.25, 0.3) is 0 Å². The topological polar surface area (TPSA) is 66.5 Å². The number of benzene rings is 2. The summed E-state index contributed by atoms with van der Waals surface area (Å²) in [5, 5.41) is 3.13. The van der Waals surface area contributed by atoms with E-state index in [0.29, 0.717) is 19.4 Å². The number of hydrogen-bond acceptors (Lipinski definition) is 3. The van der Waals surface area contributed by atoms with E-state index in [2.05, 4.69) is 31.3 Å². The van der Waals surface area contributed by atoms with Gasteiger partial charge in [-0.3, -0.25) is 4.79 Å². The third-order valence-corrected chi connectivity index (χ3v) is 7.78. The molecule has 2 unspecified atom stereocenters. The Morgan fingerprint density at radius 3 is 2.33 bits per heavy atom. The third kappa shape index (κ3) is 5.29. The summed E-state index contributed by atoms with van der Waals surface area (Å²) < 4.78 is 27.3. The summed E-state index contributed by atoms with van der Waals surface area (Å²) >= 11 is 0. The van der Waals surface area contributed by atoms with Crippen molar-refractivity contribution in [2.24, 2.45) is 5.92 Å². The first kappa shape index (κ1) is 22.5. The van der Waals surface area contributed by atoms with E-state index < -0.39 is 10.0 Å². The molecular formula is C24H32N2O3S. The van der Waals surface area contributed by atoms with Crippen LogP contribution >= 0.6 is 0 Å². The van der Waals surface area contributed by atoms with Crippen molar-refractivity contribution in [3.05, 3.63) is 66.2 Å². The Morgan fingerprint density at radius 1 is 1.10 bits per heavy atom. The highest BCUT2D eigenvalue weighted by atomic mass is 32.2. The van der Waals surface area contributed by atoms with E-state index in [9.17, 15) is 13.2 Å². The number of hydrogen-bond donors (Lipinski definition) is 1. The lowest BCUT2D eigenvalue weighted by Gasteiger charge is -2.33. The maximum atomic E-state index is 12.9. The summed E-state index contributed by atoms with van der Waals surface area (Å²) in [5.74, 6) is -0.376. The molecule has 1 amide bonds. The summed E-state index contributed by atoms with van der Waals surface area (Å²) in [5.41, 5.74) is 1.17. The molecule has 1 saturated heterocycles. The van der Waals surface area contributed by atoms with E-state index in [-0.39, 0.29) is 34.7 Å². The molecule has 162 valence electrons. The van der Waals surface area contributed by atoms with Crippen LogP contribution in [0.2, 0.25) is 0 Å². The van der Waals surface area contributed by atoms with Gasteiger partial charge in [0.2, 0.25) is 15.9 Å². The Labute approximate surface area is 180 Å². The van der Waals surface area contributed by atoms with Gasteiger partial charge in [0, 0.05) is 19.1 Å². The number of carbonyl (C=O) groups is 1. The highest BCUT2D eigenvalue weighted by Gasteiger charge is 2.34. The molecule has 3 rings (SSSR count). The van der Waals surface area contributed by atoms with Gasteiger partial charge in [-0.1, -0.05) is 62.4 Å². The summed E-state index contributed by atoms with van der Waals surface area (Å²) in [4.78, 5) is 13.2. The van der Waals surface area contributed by atoms with Crippen LogP contribution in [0.1, 0.15) is 45.6 Å². The largest absolute Gasteiger partial charge is 0.353 e. The van der Waals surface area contributed by atoms with Gasteiger partial charge in [-0.2, -0.15) is 4.31 Å². The fourth-order valence-electron chi connectivity index (χ4n) is 4.30. The number of piperidine rings is 1. The predicted molar refractivity (Wildman–Crippen MR) is 120 cm³/mol. The van der Waals surface area contributed by atoms with Crippen molar-refractivity contribution in [2.75, 3.05) is 13.1 Å². The Balaban J connectivity index is 1.61. The Hall–Kier alpha value is -2.18. The van der Waals surface area contributed by atoms with Gasteiger partial charge in [0.15, 0.2) is 0 Å². The average Bonchev–Trinajstić information content (AvgIpc) is 2.74. The zero-order valence-electron chi connectivity index (χ0n) is 18.0. The third-order valence-electron chi connectivity index (χ3n) is 5.90. The number of rotatable bonds is 7. The molecule has 2 atom stereocenters. The minimum Gasteiger partial charge on any atom is -0.353 e. The summed E-state index contributed by atoms with van der Waals surface area (Å²) in [6, 6.07) is 18.7. The normalized spacial score (nSPS) is 19.2. The molecule has 30 heavy (non-hydrogen) atoms. The Morgan fingerprint density at radius 2 is 1.70 bits per heavy atom. The summed E-state index contributed by atoms with van der Waals surface area (Å²) in [7, 11) is -3.57. The van der Waals surface area contributed by atoms with Gasteiger partial charge in [-0.05, 0) is 49.3 Å². The van der Waals surface area contributed by atoms with Gasteiger partial charge >= 0.3 is 0 Å². The lowest BCUT2D eigenvalue weighted by atomic mass is 9.79. The molecule has 1 aliphatic heterocycles. The molecule has 0 aromatic heterocycles. The zero-order chi connectivity index (χ0) is 21.8. The highest BCUT2D eigenvalue weighted by Crippen LogP contribution is 2.29. The molecule has 1 heterocycles. The Bertz CT molecular complexity index is 943. The highest BCUT2D eigenvalue weighted by molar-refractivity contribution is 7.89. The van der Waals surface area contributed by atoms with E-state index in [0.717, 1.165) is 6.42 Å². The van der Waals surface area contributed by atoms with Crippen molar-refractivity contribution in [2.45, 2.75) is 56.4 Å². The number of sulfonamides is 1. The molecule has 0 spiro atoms. The monoisotopic (exact) mass is 428 g/mol. The minimum absolute atomic E-state index is 0.00573. The molecular weight excluding hydrogens is 396 g/mol. The van der Waals surface area contributed by atoms with Crippen molar-refractivity contribution in [1.29, 1.82) is 0 Å². The van der Waals surface area contributed by atoms with Gasteiger partial charge in [-0.25, -0.2) is 8.42 Å². The van der Waals surface area contributed by atoms with E-state index in [1.165, 1.54) is 9.87 Å². The lowest BCUT2D eigenvalue weighted by molar-refractivity contribution is -0.126. The second-order valence-electron chi connectivity index (χ2n) is 8.88. The van der Waals surface area contributed by atoms with E-state index >= 15 is 0 Å². The smallest absolute Gasteiger partial charge is 0.243 e. The van der Waals surface area contributed by atoms with Crippen molar-refractivity contribution in [3.8, 4) is 0 Å². The molecule has 2 aromatic rings. The number of nitrogens with zero attached hydrogens (tertiary/aromatic N) is 1. The van der Waals surface area contributed by atoms with Crippen LogP contribution in [0.4, 0.5) is 0 Å². The van der Waals surface area contributed by atoms with Gasteiger partial charge in [-0.15, -0.1) is 0 Å². The molecule has 6 heteroatoms. The fourth-order valence-corrected chi connectivity index (χ4v) is 5.85. The van der Waals surface area contributed by atoms with Gasteiger partial charge in [0.1, 0.15) is 0 Å². The molecule has 0 aliphatic carbocycles. The second-order valence-corrected chi connectivity index (χ2v) is 10.8. The quantitative estimate of drug-likeness (QED) is 0.726. The van der Waals surface area contributed by atoms with Crippen LogP contribution in [0.25, 0.3) is 0 Å². The minimum atomic E-state index is -3.57. The van der Waals surface area contributed by atoms with E-state index in [1.807, 2.05) is 25.1 Å². The Kier molecular flexibility index (Phi) is 6.98. The first-order valence-electron chi connectivity index (χ1n) is 10.6. The molecule has 2 aromatic carbocycles. The number of nitrogens with one attached hydrogen (secondary N) is 1. The van der Waals surface area contributed by atoms with Crippen molar-refractivity contribution < 1.29 is 13.2 Å². The first-order valence-corrected chi connectivity index (χ1v) is 12.1. The average molecular weight is 429 g/mol.